The number of amides is 1. The zero-order valence-corrected chi connectivity index (χ0v) is 16.3. The number of sulfone groups is 1. The van der Waals surface area contributed by atoms with Gasteiger partial charge in [0.25, 0.3) is 0 Å². The molecule has 0 radical (unpaired) electrons. The Morgan fingerprint density at radius 2 is 1.96 bits per heavy atom. The number of thioether (sulfide) groups is 1. The number of aliphatic carboxylic acids is 1. The molecule has 2 fully saturated rings. The summed E-state index contributed by atoms with van der Waals surface area (Å²) in [5.74, 6) is -0.760. The van der Waals surface area contributed by atoms with Gasteiger partial charge in [-0.15, -0.1) is 0 Å². The van der Waals surface area contributed by atoms with Gasteiger partial charge in [-0.2, -0.15) is 4.99 Å². The number of methoxy groups -OCH3 is 1. The molecule has 0 aliphatic carbocycles. The minimum Gasteiger partial charge on any atom is -0.497 e. The van der Waals surface area contributed by atoms with Gasteiger partial charge in [0.15, 0.2) is 15.0 Å². The summed E-state index contributed by atoms with van der Waals surface area (Å²) in [6.07, 6.45) is -0.455. The zero-order chi connectivity index (χ0) is 19.6. The van der Waals surface area contributed by atoms with Gasteiger partial charge in [0.2, 0.25) is 5.91 Å². The third kappa shape index (κ3) is 4.81. The summed E-state index contributed by atoms with van der Waals surface area (Å²) < 4.78 is 29.1. The lowest BCUT2D eigenvalue weighted by molar-refractivity contribution is -0.138. The number of hydrogen-bond acceptors (Lipinski definition) is 6. The van der Waals surface area contributed by atoms with E-state index in [2.05, 4.69) is 4.99 Å². The van der Waals surface area contributed by atoms with Crippen LogP contribution in [0.3, 0.4) is 0 Å². The molecule has 10 heteroatoms. The van der Waals surface area contributed by atoms with Gasteiger partial charge in [-0.05, 0) is 17.7 Å². The molecule has 0 bridgehead atoms. The van der Waals surface area contributed by atoms with Gasteiger partial charge in [0.1, 0.15) is 5.75 Å². The third-order valence-electron chi connectivity index (χ3n) is 4.46. The van der Waals surface area contributed by atoms with Crippen molar-refractivity contribution < 1.29 is 27.9 Å². The van der Waals surface area contributed by atoms with E-state index in [0.717, 1.165) is 5.56 Å². The van der Waals surface area contributed by atoms with Crippen LogP contribution in [0.4, 0.5) is 0 Å². The Labute approximate surface area is 161 Å². The molecule has 2 atom stereocenters. The number of aliphatic imine (C=N–C) groups is 1. The number of carbonyl (C=O) groups excluding carboxylic acids is 1. The van der Waals surface area contributed by atoms with E-state index >= 15 is 0 Å². The summed E-state index contributed by atoms with van der Waals surface area (Å²) in [5, 5.41) is 9.01. The molecule has 8 nitrogen and oxygen atoms in total. The predicted molar refractivity (Wildman–Crippen MR) is 102 cm³/mol. The first-order valence-electron chi connectivity index (χ1n) is 8.37. The van der Waals surface area contributed by atoms with Gasteiger partial charge in [-0.3, -0.25) is 9.59 Å². The van der Waals surface area contributed by atoms with Crippen LogP contribution in [0.25, 0.3) is 0 Å². The molecule has 1 amide bonds. The highest BCUT2D eigenvalue weighted by atomic mass is 32.2. The summed E-state index contributed by atoms with van der Waals surface area (Å²) in [6.45, 7) is 0.415. The molecule has 0 saturated carbocycles. The first-order valence-corrected chi connectivity index (χ1v) is 11.1. The topological polar surface area (TPSA) is 113 Å². The summed E-state index contributed by atoms with van der Waals surface area (Å²) in [6, 6.07) is 7.15. The fourth-order valence-corrected chi connectivity index (χ4v) is 7.09. The molecule has 0 spiro atoms. The molecule has 2 aliphatic heterocycles. The van der Waals surface area contributed by atoms with E-state index in [0.29, 0.717) is 17.5 Å². The molecule has 1 aromatic carbocycles. The van der Waals surface area contributed by atoms with Crippen LogP contribution in [0.2, 0.25) is 0 Å². The van der Waals surface area contributed by atoms with Crippen molar-refractivity contribution in [1.29, 1.82) is 0 Å². The van der Waals surface area contributed by atoms with Crippen molar-refractivity contribution in [2.24, 2.45) is 4.99 Å². The van der Waals surface area contributed by atoms with E-state index in [1.807, 2.05) is 29.2 Å². The minimum atomic E-state index is -3.11. The van der Waals surface area contributed by atoms with E-state index in [1.165, 1.54) is 11.8 Å². The number of amidine groups is 1. The van der Waals surface area contributed by atoms with Gasteiger partial charge in [0, 0.05) is 18.2 Å². The number of nitrogens with zero attached hydrogens (tertiary/aromatic N) is 2. The first kappa shape index (κ1) is 19.7. The van der Waals surface area contributed by atoms with Gasteiger partial charge in [-0.25, -0.2) is 8.42 Å². The Bertz CT molecular complexity index is 866. The van der Waals surface area contributed by atoms with Crippen molar-refractivity contribution in [3.05, 3.63) is 29.8 Å². The van der Waals surface area contributed by atoms with Crippen molar-refractivity contribution in [3.8, 4) is 5.75 Å². The molecule has 1 N–H and O–H groups in total. The molecule has 3 rings (SSSR count). The van der Waals surface area contributed by atoms with Gasteiger partial charge in [0.05, 0.1) is 31.1 Å². The smallest absolute Gasteiger partial charge is 0.303 e. The van der Waals surface area contributed by atoms with Crippen LogP contribution in [-0.4, -0.2) is 65.4 Å². The van der Waals surface area contributed by atoms with Gasteiger partial charge < -0.3 is 14.7 Å². The average molecular weight is 412 g/mol. The minimum absolute atomic E-state index is 0.0309. The number of hydrogen-bond donors (Lipinski definition) is 1. The number of carbonyl (C=O) groups is 2. The normalized spacial score (nSPS) is 24.8. The predicted octanol–water partition coefficient (Wildman–Crippen LogP) is 1.16. The number of rotatable bonds is 6. The quantitative estimate of drug-likeness (QED) is 0.740. The fraction of sp³-hybridized carbons (Fsp3) is 0.471. The second-order valence-electron chi connectivity index (χ2n) is 6.46. The maximum atomic E-state index is 12.0. The molecule has 2 aliphatic rings. The Hall–Kier alpha value is -2.07. The number of carboxylic acids is 1. The van der Waals surface area contributed by atoms with Gasteiger partial charge in [-0.1, -0.05) is 23.9 Å². The Kier molecular flexibility index (Phi) is 5.75. The molecule has 146 valence electrons. The number of benzene rings is 1. The van der Waals surface area contributed by atoms with Crippen LogP contribution >= 0.6 is 11.8 Å². The Balaban J connectivity index is 1.81. The summed E-state index contributed by atoms with van der Waals surface area (Å²) in [4.78, 5) is 28.6. The highest BCUT2D eigenvalue weighted by molar-refractivity contribution is 8.15. The van der Waals surface area contributed by atoms with Crippen molar-refractivity contribution in [2.45, 2.75) is 30.7 Å². The molecule has 0 aromatic heterocycles. The average Bonchev–Trinajstić information content (AvgIpc) is 3.06. The van der Waals surface area contributed by atoms with Crippen molar-refractivity contribution in [2.75, 3.05) is 18.6 Å². The van der Waals surface area contributed by atoms with Crippen LogP contribution in [0.5, 0.6) is 5.75 Å². The molecule has 1 aromatic rings. The molecule has 2 heterocycles. The van der Waals surface area contributed by atoms with Crippen LogP contribution in [-0.2, 0) is 26.0 Å². The lowest BCUT2D eigenvalue weighted by atomic mass is 10.1. The molecular formula is C17H20N2O6S2. The van der Waals surface area contributed by atoms with Crippen molar-refractivity contribution in [3.63, 3.8) is 0 Å². The van der Waals surface area contributed by atoms with E-state index in [4.69, 9.17) is 9.84 Å². The van der Waals surface area contributed by atoms with Gasteiger partial charge >= 0.3 is 5.97 Å². The molecule has 0 unspecified atom stereocenters. The highest BCUT2D eigenvalue weighted by Crippen LogP contribution is 2.39. The number of carboxylic acid groups (broad SMARTS) is 1. The lowest BCUT2D eigenvalue weighted by Crippen LogP contribution is -2.37. The van der Waals surface area contributed by atoms with Crippen LogP contribution in [0.15, 0.2) is 29.3 Å². The number of fused-ring (bicyclic) bond motifs is 1. The van der Waals surface area contributed by atoms with Crippen molar-refractivity contribution >= 4 is 38.6 Å². The summed E-state index contributed by atoms with van der Waals surface area (Å²) in [7, 11) is -1.54. The monoisotopic (exact) mass is 412 g/mol. The number of ether oxygens (including phenoxy) is 1. The SMILES string of the molecule is COc1ccc(CN2C(=NC(=O)CCC(=O)O)S[C@H]3CS(=O)(=O)C[C@H]32)cc1. The molecule has 2 saturated heterocycles. The van der Waals surface area contributed by atoms with E-state index in [9.17, 15) is 18.0 Å². The van der Waals surface area contributed by atoms with Crippen molar-refractivity contribution in [1.82, 2.24) is 4.90 Å². The highest BCUT2D eigenvalue weighted by Gasteiger charge is 2.48. The zero-order valence-electron chi connectivity index (χ0n) is 14.7. The maximum absolute atomic E-state index is 12.0. The second-order valence-corrected chi connectivity index (χ2v) is 9.82. The fourth-order valence-electron chi connectivity index (χ4n) is 3.12. The standard InChI is InChI=1S/C17H20N2O6S2/c1-25-12-4-2-11(3-5-12)8-19-13-9-27(23,24)10-14(13)26-17(19)18-15(20)6-7-16(21)22/h2-5,13-14H,6-10H2,1H3,(H,21,22)/t13-,14+/m1/s1. The first-order chi connectivity index (χ1) is 12.8. The maximum Gasteiger partial charge on any atom is 0.303 e. The second kappa shape index (κ2) is 7.89. The van der Waals surface area contributed by atoms with Crippen LogP contribution in [0.1, 0.15) is 18.4 Å². The van der Waals surface area contributed by atoms with Crippen LogP contribution in [0, 0.1) is 0 Å². The lowest BCUT2D eigenvalue weighted by Gasteiger charge is -2.24. The molecule has 27 heavy (non-hydrogen) atoms. The summed E-state index contributed by atoms with van der Waals surface area (Å²) in [5.41, 5.74) is 0.937. The molecular weight excluding hydrogens is 392 g/mol. The summed E-state index contributed by atoms with van der Waals surface area (Å²) >= 11 is 1.28. The Morgan fingerprint density at radius 3 is 2.59 bits per heavy atom. The largest absolute Gasteiger partial charge is 0.497 e. The van der Waals surface area contributed by atoms with E-state index < -0.39 is 21.7 Å². The van der Waals surface area contributed by atoms with E-state index in [-0.39, 0.29) is 35.6 Å². The Morgan fingerprint density at radius 1 is 1.26 bits per heavy atom. The van der Waals surface area contributed by atoms with E-state index in [1.54, 1.807) is 7.11 Å². The third-order valence-corrected chi connectivity index (χ3v) is 7.71. The van der Waals surface area contributed by atoms with Crippen LogP contribution < -0.4 is 4.74 Å².